The van der Waals surface area contributed by atoms with Crippen molar-refractivity contribution in [2.75, 3.05) is 5.32 Å². The number of carbonyl (C=O) groups is 1. The SMILES string of the molecule is O=Cc1ccc(NCc2ccccc2F)nc1-c1c[nH]c2ncc(Cl)cc12. The van der Waals surface area contributed by atoms with Crippen molar-refractivity contribution in [3.63, 3.8) is 0 Å². The molecule has 0 unspecified atom stereocenters. The lowest BCUT2D eigenvalue weighted by molar-refractivity contribution is 0.112. The van der Waals surface area contributed by atoms with Gasteiger partial charge in [-0.3, -0.25) is 4.79 Å². The van der Waals surface area contributed by atoms with Crippen LogP contribution >= 0.6 is 11.6 Å². The number of H-pyrrole nitrogens is 1. The number of hydrogen-bond acceptors (Lipinski definition) is 4. The molecule has 0 atom stereocenters. The van der Waals surface area contributed by atoms with E-state index in [1.807, 2.05) is 0 Å². The van der Waals surface area contributed by atoms with Crippen LogP contribution in [0, 0.1) is 5.82 Å². The Morgan fingerprint density at radius 3 is 2.89 bits per heavy atom. The first-order chi connectivity index (χ1) is 13.2. The summed E-state index contributed by atoms with van der Waals surface area (Å²) < 4.78 is 13.8. The molecule has 0 bridgehead atoms. The van der Waals surface area contributed by atoms with E-state index in [1.165, 1.54) is 6.07 Å². The zero-order valence-corrected chi connectivity index (χ0v) is 14.8. The number of fused-ring (bicyclic) bond motifs is 1. The van der Waals surface area contributed by atoms with Gasteiger partial charge in [0, 0.05) is 41.0 Å². The molecule has 27 heavy (non-hydrogen) atoms. The van der Waals surface area contributed by atoms with Gasteiger partial charge in [0.15, 0.2) is 6.29 Å². The van der Waals surface area contributed by atoms with Gasteiger partial charge in [-0.2, -0.15) is 0 Å². The number of aldehydes is 1. The van der Waals surface area contributed by atoms with Gasteiger partial charge in [0.05, 0.1) is 10.7 Å². The molecule has 0 amide bonds. The molecule has 0 aliphatic rings. The Labute approximate surface area is 159 Å². The Morgan fingerprint density at radius 1 is 1.22 bits per heavy atom. The minimum absolute atomic E-state index is 0.279. The smallest absolute Gasteiger partial charge is 0.152 e. The van der Waals surface area contributed by atoms with E-state index in [1.54, 1.807) is 48.8 Å². The van der Waals surface area contributed by atoms with Gasteiger partial charge in [-0.05, 0) is 24.3 Å². The summed E-state index contributed by atoms with van der Waals surface area (Å²) in [7, 11) is 0. The number of aromatic nitrogens is 3. The monoisotopic (exact) mass is 380 g/mol. The van der Waals surface area contributed by atoms with E-state index in [9.17, 15) is 9.18 Å². The van der Waals surface area contributed by atoms with Crippen molar-refractivity contribution in [3.8, 4) is 11.3 Å². The van der Waals surface area contributed by atoms with Gasteiger partial charge in [0.2, 0.25) is 0 Å². The number of rotatable bonds is 5. The van der Waals surface area contributed by atoms with E-state index < -0.39 is 0 Å². The minimum Gasteiger partial charge on any atom is -0.366 e. The largest absolute Gasteiger partial charge is 0.366 e. The highest BCUT2D eigenvalue weighted by Gasteiger charge is 2.14. The fraction of sp³-hybridized carbons (Fsp3) is 0.0500. The van der Waals surface area contributed by atoms with E-state index >= 15 is 0 Å². The summed E-state index contributed by atoms with van der Waals surface area (Å²) >= 11 is 6.06. The predicted molar refractivity (Wildman–Crippen MR) is 103 cm³/mol. The molecule has 1 aromatic carbocycles. The summed E-state index contributed by atoms with van der Waals surface area (Å²) in [5.41, 5.74) is 2.84. The summed E-state index contributed by atoms with van der Waals surface area (Å²) in [5.74, 6) is 0.246. The summed E-state index contributed by atoms with van der Waals surface area (Å²) in [6, 6.07) is 11.7. The standard InChI is InChI=1S/C20H14ClFN4O/c21-14-7-15-16(10-25-20(15)24-9-14)19-13(11-27)5-6-18(26-19)23-8-12-3-1-2-4-17(12)22/h1-7,9-11H,8H2,(H,23,26)(H,24,25). The predicted octanol–water partition coefficient (Wildman–Crippen LogP) is 4.84. The van der Waals surface area contributed by atoms with Gasteiger partial charge < -0.3 is 10.3 Å². The third-order valence-corrected chi connectivity index (χ3v) is 4.43. The molecule has 2 N–H and O–H groups in total. The zero-order chi connectivity index (χ0) is 18.8. The lowest BCUT2D eigenvalue weighted by Crippen LogP contribution is -2.04. The maximum Gasteiger partial charge on any atom is 0.152 e. The first kappa shape index (κ1) is 17.2. The average Bonchev–Trinajstić information content (AvgIpc) is 3.10. The molecule has 4 aromatic rings. The van der Waals surface area contributed by atoms with Gasteiger partial charge in [0.25, 0.3) is 0 Å². The number of nitrogens with zero attached hydrogens (tertiary/aromatic N) is 2. The van der Waals surface area contributed by atoms with E-state index in [0.717, 1.165) is 17.2 Å². The highest BCUT2D eigenvalue weighted by Crippen LogP contribution is 2.31. The Hall–Kier alpha value is -3.25. The van der Waals surface area contributed by atoms with Crippen molar-refractivity contribution >= 4 is 34.7 Å². The molecule has 7 heteroatoms. The molecule has 0 radical (unpaired) electrons. The van der Waals surface area contributed by atoms with E-state index in [2.05, 4.69) is 20.3 Å². The second-order valence-electron chi connectivity index (χ2n) is 5.95. The summed E-state index contributed by atoms with van der Waals surface area (Å²) in [6.45, 7) is 0.279. The van der Waals surface area contributed by atoms with E-state index in [0.29, 0.717) is 33.3 Å². The summed E-state index contributed by atoms with van der Waals surface area (Å²) in [4.78, 5) is 23.3. The summed E-state index contributed by atoms with van der Waals surface area (Å²) in [6.07, 6.45) is 4.04. The van der Waals surface area contributed by atoms with Gasteiger partial charge in [-0.1, -0.05) is 29.8 Å². The van der Waals surface area contributed by atoms with Crippen LogP contribution in [0.3, 0.4) is 0 Å². The second kappa shape index (κ2) is 7.17. The van der Waals surface area contributed by atoms with Crippen LogP contribution in [0.15, 0.2) is 54.9 Å². The van der Waals surface area contributed by atoms with Gasteiger partial charge in [0.1, 0.15) is 17.3 Å². The van der Waals surface area contributed by atoms with Crippen LogP contribution in [0.5, 0.6) is 0 Å². The van der Waals surface area contributed by atoms with Crippen molar-refractivity contribution in [2.45, 2.75) is 6.54 Å². The molecule has 0 spiro atoms. The fourth-order valence-electron chi connectivity index (χ4n) is 2.88. The Bertz CT molecular complexity index is 1140. The van der Waals surface area contributed by atoms with Crippen molar-refractivity contribution < 1.29 is 9.18 Å². The topological polar surface area (TPSA) is 70.7 Å². The maximum absolute atomic E-state index is 13.8. The molecular formula is C20H14ClFN4O. The molecule has 5 nitrogen and oxygen atoms in total. The van der Waals surface area contributed by atoms with Gasteiger partial charge >= 0.3 is 0 Å². The number of aromatic amines is 1. The Balaban J connectivity index is 1.72. The minimum atomic E-state index is -0.285. The second-order valence-corrected chi connectivity index (χ2v) is 6.39. The first-order valence-electron chi connectivity index (χ1n) is 8.22. The highest BCUT2D eigenvalue weighted by molar-refractivity contribution is 6.31. The third kappa shape index (κ3) is 3.39. The normalized spacial score (nSPS) is 10.9. The Morgan fingerprint density at radius 2 is 2.07 bits per heavy atom. The van der Waals surface area contributed by atoms with Crippen molar-refractivity contribution in [1.82, 2.24) is 15.0 Å². The molecule has 3 heterocycles. The highest BCUT2D eigenvalue weighted by atomic mass is 35.5. The van der Waals surface area contributed by atoms with Crippen LogP contribution in [0.4, 0.5) is 10.2 Å². The van der Waals surface area contributed by atoms with Gasteiger partial charge in [-0.25, -0.2) is 14.4 Å². The number of nitrogens with one attached hydrogen (secondary N) is 2. The maximum atomic E-state index is 13.8. The van der Waals surface area contributed by atoms with E-state index in [4.69, 9.17) is 11.6 Å². The number of halogens is 2. The molecule has 4 rings (SSSR count). The first-order valence-corrected chi connectivity index (χ1v) is 8.60. The van der Waals surface area contributed by atoms with Gasteiger partial charge in [-0.15, -0.1) is 0 Å². The van der Waals surface area contributed by atoms with Crippen LogP contribution in [-0.4, -0.2) is 21.2 Å². The third-order valence-electron chi connectivity index (χ3n) is 4.22. The van der Waals surface area contributed by atoms with Crippen molar-refractivity contribution in [1.29, 1.82) is 0 Å². The van der Waals surface area contributed by atoms with Crippen molar-refractivity contribution in [2.24, 2.45) is 0 Å². The molecule has 0 saturated carbocycles. The van der Waals surface area contributed by atoms with Crippen molar-refractivity contribution in [3.05, 3.63) is 76.8 Å². The molecule has 134 valence electrons. The number of pyridine rings is 2. The Kier molecular flexibility index (Phi) is 4.56. The van der Waals surface area contributed by atoms with E-state index in [-0.39, 0.29) is 12.4 Å². The molecule has 0 aliphatic carbocycles. The quantitative estimate of drug-likeness (QED) is 0.486. The van der Waals surface area contributed by atoms with Crippen LogP contribution in [0.2, 0.25) is 5.02 Å². The lowest BCUT2D eigenvalue weighted by Gasteiger charge is -2.10. The number of carbonyl (C=O) groups excluding carboxylic acids is 1. The van der Waals surface area contributed by atoms with Crippen LogP contribution in [0.1, 0.15) is 15.9 Å². The molecule has 0 aliphatic heterocycles. The van der Waals surface area contributed by atoms with Crippen LogP contribution in [-0.2, 0) is 6.54 Å². The molecular weight excluding hydrogens is 367 g/mol. The van der Waals surface area contributed by atoms with Crippen LogP contribution in [0.25, 0.3) is 22.3 Å². The molecule has 0 fully saturated rings. The number of anilines is 1. The summed E-state index contributed by atoms with van der Waals surface area (Å²) in [5, 5.41) is 4.35. The average molecular weight is 381 g/mol. The molecule has 0 saturated heterocycles. The number of hydrogen-bond donors (Lipinski definition) is 2. The molecule has 3 aromatic heterocycles. The van der Waals surface area contributed by atoms with Crippen LogP contribution < -0.4 is 5.32 Å². The number of benzene rings is 1. The zero-order valence-electron chi connectivity index (χ0n) is 14.0. The fourth-order valence-corrected chi connectivity index (χ4v) is 3.04. The lowest BCUT2D eigenvalue weighted by atomic mass is 10.1.